The van der Waals surface area contributed by atoms with Gasteiger partial charge in [0.1, 0.15) is 0 Å². The van der Waals surface area contributed by atoms with Gasteiger partial charge in [-0.15, -0.1) is 0 Å². The summed E-state index contributed by atoms with van der Waals surface area (Å²) in [5.74, 6) is 1.50. The van der Waals surface area contributed by atoms with Gasteiger partial charge in [0.2, 0.25) is 5.91 Å². The maximum absolute atomic E-state index is 13.1. The van der Waals surface area contributed by atoms with E-state index in [1.54, 1.807) is 6.20 Å². The molecule has 2 heterocycles. The van der Waals surface area contributed by atoms with E-state index in [1.165, 1.54) is 24.8 Å². The second-order valence-electron chi connectivity index (χ2n) is 6.91. The third kappa shape index (κ3) is 2.08. The molecule has 21 heavy (non-hydrogen) atoms. The summed E-state index contributed by atoms with van der Waals surface area (Å²) in [6, 6.07) is 4.34. The molecule has 0 aromatic carbocycles. The Hall–Kier alpha value is -1.42. The molecule has 4 nitrogen and oxygen atoms in total. The van der Waals surface area contributed by atoms with Crippen molar-refractivity contribution in [3.8, 4) is 0 Å². The van der Waals surface area contributed by atoms with Crippen LogP contribution < -0.4 is 5.73 Å². The summed E-state index contributed by atoms with van der Waals surface area (Å²) in [4.78, 5) is 19.4. The fraction of sp³-hybridized carbons (Fsp3) is 0.647. The van der Waals surface area contributed by atoms with Crippen molar-refractivity contribution in [3.63, 3.8) is 0 Å². The van der Waals surface area contributed by atoms with Crippen LogP contribution in [0.3, 0.4) is 0 Å². The Morgan fingerprint density at radius 3 is 2.86 bits per heavy atom. The molecule has 1 aromatic rings. The van der Waals surface area contributed by atoms with E-state index in [0.29, 0.717) is 17.7 Å². The first-order chi connectivity index (χ1) is 10.3. The van der Waals surface area contributed by atoms with Crippen LogP contribution >= 0.6 is 0 Å². The van der Waals surface area contributed by atoms with E-state index in [4.69, 9.17) is 5.73 Å². The summed E-state index contributed by atoms with van der Waals surface area (Å²) in [6.45, 7) is 0.874. The van der Waals surface area contributed by atoms with Crippen LogP contribution in [0.25, 0.3) is 0 Å². The summed E-state index contributed by atoms with van der Waals surface area (Å²) < 4.78 is 0. The van der Waals surface area contributed by atoms with Crippen molar-refractivity contribution in [1.82, 2.24) is 9.88 Å². The van der Waals surface area contributed by atoms with Crippen LogP contribution in [0.1, 0.15) is 43.7 Å². The van der Waals surface area contributed by atoms with E-state index >= 15 is 0 Å². The van der Waals surface area contributed by atoms with Gasteiger partial charge >= 0.3 is 0 Å². The van der Waals surface area contributed by atoms with Crippen LogP contribution in [0, 0.1) is 17.8 Å². The number of fused-ring (bicyclic) bond motifs is 2. The van der Waals surface area contributed by atoms with Crippen LogP contribution in [0.15, 0.2) is 24.5 Å². The van der Waals surface area contributed by atoms with E-state index in [9.17, 15) is 4.79 Å². The number of hydrogen-bond acceptors (Lipinski definition) is 3. The molecule has 4 heteroatoms. The van der Waals surface area contributed by atoms with Crippen molar-refractivity contribution in [3.05, 3.63) is 30.1 Å². The first-order valence-electron chi connectivity index (χ1n) is 8.21. The van der Waals surface area contributed by atoms with Crippen molar-refractivity contribution in [2.45, 2.75) is 44.2 Å². The number of carbonyl (C=O) groups excluding carboxylic acids is 1. The molecule has 2 bridgehead atoms. The highest BCUT2D eigenvalue weighted by Crippen LogP contribution is 2.49. The highest BCUT2D eigenvalue weighted by atomic mass is 16.2. The van der Waals surface area contributed by atoms with E-state index in [-0.39, 0.29) is 18.0 Å². The molecule has 5 atom stereocenters. The summed E-state index contributed by atoms with van der Waals surface area (Å²) in [5.41, 5.74) is 7.52. The van der Waals surface area contributed by atoms with Gasteiger partial charge in [0.25, 0.3) is 0 Å². The van der Waals surface area contributed by atoms with Crippen molar-refractivity contribution >= 4 is 5.91 Å². The fourth-order valence-corrected chi connectivity index (χ4v) is 4.84. The topological polar surface area (TPSA) is 59.2 Å². The van der Waals surface area contributed by atoms with E-state index < -0.39 is 0 Å². The second kappa shape index (κ2) is 5.09. The lowest BCUT2D eigenvalue weighted by Gasteiger charge is -2.33. The van der Waals surface area contributed by atoms with Crippen LogP contribution in [0.2, 0.25) is 0 Å². The largest absolute Gasteiger partial charge is 0.335 e. The number of pyridine rings is 1. The molecule has 2 saturated carbocycles. The predicted octanol–water partition coefficient (Wildman–Crippen LogP) is 2.12. The zero-order valence-electron chi connectivity index (χ0n) is 12.3. The normalized spacial score (nSPS) is 38.1. The first kappa shape index (κ1) is 13.3. The number of nitrogens with zero attached hydrogens (tertiary/aromatic N) is 2. The predicted molar refractivity (Wildman–Crippen MR) is 80.2 cm³/mol. The van der Waals surface area contributed by atoms with Gasteiger partial charge in [-0.25, -0.2) is 0 Å². The van der Waals surface area contributed by atoms with Gasteiger partial charge in [0, 0.05) is 25.0 Å². The van der Waals surface area contributed by atoms with E-state index in [2.05, 4.69) is 16.0 Å². The minimum atomic E-state index is 0.0704. The lowest BCUT2D eigenvalue weighted by molar-refractivity contribution is -0.138. The first-order valence-corrected chi connectivity index (χ1v) is 8.21. The molecule has 0 radical (unpaired) electrons. The zero-order chi connectivity index (χ0) is 14.4. The van der Waals surface area contributed by atoms with Gasteiger partial charge in [-0.1, -0.05) is 6.07 Å². The van der Waals surface area contributed by atoms with Crippen molar-refractivity contribution in [2.24, 2.45) is 23.5 Å². The Labute approximate surface area is 125 Å². The number of likely N-dealkylation sites (tertiary alicyclic amines) is 1. The standard InChI is InChI=1S/C17H23N3O/c18-16-12-6-5-11(9-12)15(16)17(21)20-8-2-4-14(20)13-3-1-7-19-10-13/h1,3,7,10-12,14-16H,2,4-6,8-9,18H2. The van der Waals surface area contributed by atoms with Gasteiger partial charge in [0.15, 0.2) is 0 Å². The number of hydrogen-bond donors (Lipinski definition) is 1. The summed E-state index contributed by atoms with van der Waals surface area (Å²) >= 11 is 0. The molecule has 0 spiro atoms. The Morgan fingerprint density at radius 1 is 1.29 bits per heavy atom. The summed E-state index contributed by atoms with van der Waals surface area (Å²) in [7, 11) is 0. The smallest absolute Gasteiger partial charge is 0.228 e. The van der Waals surface area contributed by atoms with Crippen LogP contribution in [-0.2, 0) is 4.79 Å². The molecular weight excluding hydrogens is 262 g/mol. The summed E-state index contributed by atoms with van der Waals surface area (Å²) in [5, 5.41) is 0. The monoisotopic (exact) mass is 285 g/mol. The van der Waals surface area contributed by atoms with Crippen LogP contribution in [0.5, 0.6) is 0 Å². The molecule has 112 valence electrons. The highest BCUT2D eigenvalue weighted by molar-refractivity contribution is 5.81. The number of nitrogens with two attached hydrogens (primary N) is 1. The Bertz CT molecular complexity index is 530. The molecule has 5 unspecified atom stereocenters. The van der Waals surface area contributed by atoms with Crippen LogP contribution in [-0.4, -0.2) is 28.4 Å². The Morgan fingerprint density at radius 2 is 2.14 bits per heavy atom. The molecule has 3 fully saturated rings. The minimum Gasteiger partial charge on any atom is -0.335 e. The number of carbonyl (C=O) groups is 1. The van der Waals surface area contributed by atoms with Gasteiger partial charge in [-0.3, -0.25) is 9.78 Å². The molecular formula is C17H23N3O. The molecule has 2 N–H and O–H groups in total. The highest BCUT2D eigenvalue weighted by Gasteiger charge is 2.51. The van der Waals surface area contributed by atoms with Gasteiger partial charge < -0.3 is 10.6 Å². The van der Waals surface area contributed by atoms with Crippen molar-refractivity contribution in [2.75, 3.05) is 6.54 Å². The van der Waals surface area contributed by atoms with Gasteiger partial charge in [0.05, 0.1) is 12.0 Å². The molecule has 1 aromatic heterocycles. The second-order valence-corrected chi connectivity index (χ2v) is 6.91. The number of rotatable bonds is 2. The maximum Gasteiger partial charge on any atom is 0.228 e. The zero-order valence-corrected chi connectivity index (χ0v) is 12.3. The van der Waals surface area contributed by atoms with E-state index in [0.717, 1.165) is 19.4 Å². The fourth-order valence-electron chi connectivity index (χ4n) is 4.84. The maximum atomic E-state index is 13.1. The molecule has 1 amide bonds. The molecule has 3 aliphatic rings. The quantitative estimate of drug-likeness (QED) is 0.905. The third-order valence-corrected chi connectivity index (χ3v) is 5.87. The van der Waals surface area contributed by atoms with E-state index in [1.807, 2.05) is 12.3 Å². The van der Waals surface area contributed by atoms with Crippen molar-refractivity contribution in [1.29, 1.82) is 0 Å². The lowest BCUT2D eigenvalue weighted by Crippen LogP contribution is -2.46. The van der Waals surface area contributed by atoms with Gasteiger partial charge in [-0.2, -0.15) is 0 Å². The lowest BCUT2D eigenvalue weighted by atomic mass is 9.83. The Kier molecular flexibility index (Phi) is 3.21. The molecule has 2 aliphatic carbocycles. The van der Waals surface area contributed by atoms with Crippen LogP contribution in [0.4, 0.5) is 0 Å². The number of aromatic nitrogens is 1. The average Bonchev–Trinajstić information content (AvgIpc) is 3.23. The average molecular weight is 285 g/mol. The third-order valence-electron chi connectivity index (χ3n) is 5.87. The minimum absolute atomic E-state index is 0.0704. The van der Waals surface area contributed by atoms with Crippen molar-refractivity contribution < 1.29 is 4.79 Å². The number of amides is 1. The molecule has 1 saturated heterocycles. The molecule has 4 rings (SSSR count). The summed E-state index contributed by atoms with van der Waals surface area (Å²) in [6.07, 6.45) is 9.41. The van der Waals surface area contributed by atoms with Gasteiger partial charge in [-0.05, 0) is 55.6 Å². The molecule has 1 aliphatic heterocycles. The SMILES string of the molecule is NC1C2CCC(C2)C1C(=O)N1CCCC1c1cccnc1. The Balaban J connectivity index is 1.56.